The van der Waals surface area contributed by atoms with Gasteiger partial charge in [0, 0.05) is 16.8 Å². The van der Waals surface area contributed by atoms with Crippen LogP contribution in [-0.2, 0) is 11.3 Å². The van der Waals surface area contributed by atoms with Crippen LogP contribution in [0.5, 0.6) is 0 Å². The van der Waals surface area contributed by atoms with Gasteiger partial charge in [-0.05, 0) is 47.9 Å². The summed E-state index contributed by atoms with van der Waals surface area (Å²) in [7, 11) is 2.08. The molecule has 0 saturated carbocycles. The zero-order chi connectivity index (χ0) is 18.5. The fourth-order valence-corrected chi connectivity index (χ4v) is 3.87. The SMILES string of the molecule is Cc1ccc(C)c(NC(=O)[C@@H](c2ccccc2)[NH+](C)Cc2ccsc2)c1. The van der Waals surface area contributed by atoms with E-state index in [0.29, 0.717) is 0 Å². The minimum Gasteiger partial charge on any atom is -0.320 e. The van der Waals surface area contributed by atoms with Gasteiger partial charge >= 0.3 is 0 Å². The molecule has 26 heavy (non-hydrogen) atoms. The Bertz CT molecular complexity index is 859. The van der Waals surface area contributed by atoms with Crippen LogP contribution >= 0.6 is 11.3 Å². The fraction of sp³-hybridized carbons (Fsp3) is 0.227. The molecule has 0 spiro atoms. The molecule has 2 N–H and O–H groups in total. The highest BCUT2D eigenvalue weighted by molar-refractivity contribution is 7.07. The van der Waals surface area contributed by atoms with Crippen LogP contribution in [0.2, 0.25) is 0 Å². The van der Waals surface area contributed by atoms with E-state index >= 15 is 0 Å². The first kappa shape index (κ1) is 18.4. The van der Waals surface area contributed by atoms with Gasteiger partial charge in [0.05, 0.1) is 7.05 Å². The van der Waals surface area contributed by atoms with E-state index in [1.54, 1.807) is 11.3 Å². The summed E-state index contributed by atoms with van der Waals surface area (Å²) in [4.78, 5) is 14.4. The van der Waals surface area contributed by atoms with Crippen molar-refractivity contribution in [1.82, 2.24) is 0 Å². The maximum Gasteiger partial charge on any atom is 0.287 e. The highest BCUT2D eigenvalue weighted by Gasteiger charge is 2.29. The predicted molar refractivity (Wildman–Crippen MR) is 109 cm³/mol. The van der Waals surface area contributed by atoms with Crippen molar-refractivity contribution >= 4 is 22.9 Å². The average molecular weight is 366 g/mol. The van der Waals surface area contributed by atoms with Crippen LogP contribution in [-0.4, -0.2) is 13.0 Å². The van der Waals surface area contributed by atoms with E-state index in [4.69, 9.17) is 0 Å². The number of likely N-dealkylation sites (N-methyl/N-ethyl adjacent to an activating group) is 1. The molecule has 3 nitrogen and oxygen atoms in total. The molecule has 1 unspecified atom stereocenters. The first-order valence-electron chi connectivity index (χ1n) is 8.81. The zero-order valence-electron chi connectivity index (χ0n) is 15.5. The van der Waals surface area contributed by atoms with Crippen molar-refractivity contribution in [2.24, 2.45) is 0 Å². The molecule has 3 rings (SSSR count). The van der Waals surface area contributed by atoms with Gasteiger partial charge in [-0.1, -0.05) is 42.5 Å². The summed E-state index contributed by atoms with van der Waals surface area (Å²) >= 11 is 1.69. The van der Waals surface area contributed by atoms with Crippen LogP contribution in [0.15, 0.2) is 65.4 Å². The van der Waals surface area contributed by atoms with Crippen molar-refractivity contribution in [3.8, 4) is 0 Å². The third-order valence-corrected chi connectivity index (χ3v) is 5.33. The van der Waals surface area contributed by atoms with Crippen molar-refractivity contribution in [2.75, 3.05) is 12.4 Å². The molecule has 0 fully saturated rings. The Kier molecular flexibility index (Phi) is 5.86. The second kappa shape index (κ2) is 8.30. The van der Waals surface area contributed by atoms with Crippen LogP contribution in [0.4, 0.5) is 5.69 Å². The first-order valence-corrected chi connectivity index (χ1v) is 9.75. The fourth-order valence-electron chi connectivity index (χ4n) is 3.20. The summed E-state index contributed by atoms with van der Waals surface area (Å²) < 4.78 is 0. The van der Waals surface area contributed by atoms with Crippen LogP contribution < -0.4 is 10.2 Å². The number of carbonyl (C=O) groups excluding carboxylic acids is 1. The summed E-state index contributed by atoms with van der Waals surface area (Å²) in [6.45, 7) is 4.87. The molecule has 4 heteroatoms. The number of anilines is 1. The van der Waals surface area contributed by atoms with Crippen molar-refractivity contribution in [2.45, 2.75) is 26.4 Å². The van der Waals surface area contributed by atoms with E-state index in [1.807, 2.05) is 56.3 Å². The van der Waals surface area contributed by atoms with E-state index < -0.39 is 0 Å². The monoisotopic (exact) mass is 365 g/mol. The lowest BCUT2D eigenvalue weighted by Gasteiger charge is -2.25. The lowest BCUT2D eigenvalue weighted by atomic mass is 10.0. The number of aryl methyl sites for hydroxylation is 2. The number of hydrogen-bond donors (Lipinski definition) is 2. The third kappa shape index (κ3) is 4.40. The van der Waals surface area contributed by atoms with Gasteiger partial charge in [0.25, 0.3) is 5.91 Å². The van der Waals surface area contributed by atoms with E-state index in [1.165, 1.54) is 5.56 Å². The van der Waals surface area contributed by atoms with Gasteiger partial charge in [0.2, 0.25) is 0 Å². The van der Waals surface area contributed by atoms with E-state index in [2.05, 4.69) is 35.3 Å². The van der Waals surface area contributed by atoms with Crippen molar-refractivity contribution in [3.05, 3.63) is 87.6 Å². The number of amides is 1. The molecule has 0 aliphatic carbocycles. The Labute approximate surface area is 159 Å². The van der Waals surface area contributed by atoms with E-state index in [0.717, 1.165) is 33.8 Å². The number of benzene rings is 2. The predicted octanol–water partition coefficient (Wildman–Crippen LogP) is 3.76. The number of rotatable bonds is 6. The summed E-state index contributed by atoms with van der Waals surface area (Å²) in [6, 6.07) is 18.0. The van der Waals surface area contributed by atoms with Gasteiger partial charge in [0.15, 0.2) is 6.04 Å². The normalized spacial score (nSPS) is 13.2. The third-order valence-electron chi connectivity index (χ3n) is 4.60. The second-order valence-electron chi connectivity index (χ2n) is 6.81. The van der Waals surface area contributed by atoms with E-state index in [9.17, 15) is 4.79 Å². The minimum absolute atomic E-state index is 0.0256. The molecule has 2 atom stereocenters. The molecule has 0 aliphatic heterocycles. The molecule has 134 valence electrons. The standard InChI is InChI=1S/C22H24N2OS/c1-16-9-10-17(2)20(13-16)23-22(25)21(19-7-5-4-6-8-19)24(3)14-18-11-12-26-15-18/h4-13,15,21H,14H2,1-3H3,(H,23,25)/p+1/t21-/m1/s1. The van der Waals surface area contributed by atoms with Crippen molar-refractivity contribution in [3.63, 3.8) is 0 Å². The maximum atomic E-state index is 13.2. The Hall–Kier alpha value is -2.43. The zero-order valence-corrected chi connectivity index (χ0v) is 16.3. The number of hydrogen-bond acceptors (Lipinski definition) is 2. The summed E-state index contributed by atoms with van der Waals surface area (Å²) in [5.74, 6) is 0.0256. The molecule has 0 radical (unpaired) electrons. The molecule has 1 amide bonds. The maximum absolute atomic E-state index is 13.2. The molecule has 1 aromatic heterocycles. The van der Waals surface area contributed by atoms with Gasteiger partial charge in [-0.3, -0.25) is 4.79 Å². The summed E-state index contributed by atoms with van der Waals surface area (Å²) in [5.41, 5.74) is 5.39. The lowest BCUT2D eigenvalue weighted by molar-refractivity contribution is -0.915. The number of thiophene rings is 1. The molecular formula is C22H25N2OS+. The lowest BCUT2D eigenvalue weighted by Crippen LogP contribution is -3.09. The smallest absolute Gasteiger partial charge is 0.287 e. The highest BCUT2D eigenvalue weighted by atomic mass is 32.1. The molecular weight excluding hydrogens is 340 g/mol. The Morgan fingerprint density at radius 1 is 1.12 bits per heavy atom. The number of carbonyl (C=O) groups is 1. The Morgan fingerprint density at radius 3 is 2.58 bits per heavy atom. The van der Waals surface area contributed by atoms with Crippen LogP contribution in [0, 0.1) is 13.8 Å². The van der Waals surface area contributed by atoms with Crippen molar-refractivity contribution in [1.29, 1.82) is 0 Å². The topological polar surface area (TPSA) is 33.5 Å². The Morgan fingerprint density at radius 2 is 1.88 bits per heavy atom. The van der Waals surface area contributed by atoms with Crippen molar-refractivity contribution < 1.29 is 9.69 Å². The molecule has 0 aliphatic rings. The van der Waals surface area contributed by atoms with Crippen LogP contribution in [0.25, 0.3) is 0 Å². The summed E-state index contributed by atoms with van der Waals surface area (Å²) in [5, 5.41) is 7.38. The highest BCUT2D eigenvalue weighted by Crippen LogP contribution is 2.19. The van der Waals surface area contributed by atoms with E-state index in [-0.39, 0.29) is 11.9 Å². The number of nitrogens with one attached hydrogen (secondary N) is 2. The first-order chi connectivity index (χ1) is 12.5. The van der Waals surface area contributed by atoms with Gasteiger partial charge in [-0.25, -0.2) is 0 Å². The average Bonchev–Trinajstić information content (AvgIpc) is 3.12. The van der Waals surface area contributed by atoms with Crippen LogP contribution in [0.1, 0.15) is 28.3 Å². The molecule has 2 aromatic carbocycles. The molecule has 0 saturated heterocycles. The largest absolute Gasteiger partial charge is 0.320 e. The van der Waals surface area contributed by atoms with Crippen LogP contribution in [0.3, 0.4) is 0 Å². The number of quaternary nitrogens is 1. The quantitative estimate of drug-likeness (QED) is 0.685. The second-order valence-corrected chi connectivity index (χ2v) is 7.59. The summed E-state index contributed by atoms with van der Waals surface area (Å²) in [6.07, 6.45) is 0. The van der Waals surface area contributed by atoms with Gasteiger partial charge < -0.3 is 10.2 Å². The molecule has 0 bridgehead atoms. The van der Waals surface area contributed by atoms with Gasteiger partial charge in [-0.15, -0.1) is 0 Å². The van der Waals surface area contributed by atoms with Gasteiger partial charge in [0.1, 0.15) is 6.54 Å². The molecule has 3 aromatic rings. The molecule has 1 heterocycles. The Balaban J connectivity index is 1.87. The minimum atomic E-state index is -0.268. The van der Waals surface area contributed by atoms with Gasteiger partial charge in [-0.2, -0.15) is 11.3 Å².